The number of aromatic nitrogens is 2. The normalized spacial score (nSPS) is 13.3. The minimum atomic E-state index is 0.622. The molecule has 2 atom stereocenters. The van der Waals surface area contributed by atoms with Gasteiger partial charge in [-0.3, -0.25) is 0 Å². The summed E-state index contributed by atoms with van der Waals surface area (Å²) in [5.41, 5.74) is 0. The minimum absolute atomic E-state index is 0.622. The Morgan fingerprint density at radius 2 is 0.889 bits per heavy atom. The highest BCUT2D eigenvalue weighted by Gasteiger charge is 2.25. The van der Waals surface area contributed by atoms with Crippen molar-refractivity contribution in [2.75, 3.05) is 0 Å². The van der Waals surface area contributed by atoms with Gasteiger partial charge in [0.25, 0.3) is 5.82 Å². The van der Waals surface area contributed by atoms with Crippen LogP contribution in [0.1, 0.15) is 206 Å². The maximum atomic E-state index is 3.71. The molecule has 0 aliphatic rings. The van der Waals surface area contributed by atoms with E-state index in [-0.39, 0.29) is 0 Å². The van der Waals surface area contributed by atoms with Crippen LogP contribution < -0.4 is 4.57 Å². The summed E-state index contributed by atoms with van der Waals surface area (Å²) >= 11 is 0. The van der Waals surface area contributed by atoms with E-state index < -0.39 is 0 Å². The van der Waals surface area contributed by atoms with Gasteiger partial charge in [0.15, 0.2) is 0 Å². The molecule has 0 fully saturated rings. The molecule has 0 spiro atoms. The van der Waals surface area contributed by atoms with Gasteiger partial charge in [0.05, 0.1) is 12.0 Å². The van der Waals surface area contributed by atoms with Gasteiger partial charge in [-0.2, -0.15) is 0 Å². The maximum absolute atomic E-state index is 3.71. The zero-order valence-corrected chi connectivity index (χ0v) is 25.4. The molecule has 0 radical (unpaired) electrons. The summed E-state index contributed by atoms with van der Waals surface area (Å²) in [6.07, 6.45) is 39.8. The number of rotatable bonds is 27. The number of unbranched alkanes of at least 4 members (excludes halogenated alkanes) is 19. The molecule has 1 N–H and O–H groups in total. The van der Waals surface area contributed by atoms with Crippen molar-refractivity contribution in [3.05, 3.63) is 18.2 Å². The fourth-order valence-corrected chi connectivity index (χ4v) is 5.90. The van der Waals surface area contributed by atoms with E-state index in [1.807, 2.05) is 0 Å². The molecule has 0 saturated heterocycles. The molecular weight excluding hydrogens is 436 g/mol. The third-order valence-electron chi connectivity index (χ3n) is 8.39. The molecule has 36 heavy (non-hydrogen) atoms. The van der Waals surface area contributed by atoms with E-state index in [2.05, 4.69) is 49.6 Å². The quantitative estimate of drug-likeness (QED) is 0.0909. The summed E-state index contributed by atoms with van der Waals surface area (Å²) in [5.74, 6) is 2.24. The largest absolute Gasteiger partial charge is 0.257 e. The molecule has 0 bridgehead atoms. The molecule has 0 aromatic carbocycles. The fraction of sp³-hybridized carbons (Fsp3) is 0.912. The number of aromatic amines is 1. The highest BCUT2D eigenvalue weighted by atomic mass is 15.1. The lowest BCUT2D eigenvalue weighted by Gasteiger charge is -2.17. The Kier molecular flexibility index (Phi) is 22.7. The van der Waals surface area contributed by atoms with Crippen LogP contribution in [0.25, 0.3) is 0 Å². The van der Waals surface area contributed by atoms with Gasteiger partial charge >= 0.3 is 0 Å². The molecular formula is C34H67N2+. The monoisotopic (exact) mass is 504 g/mol. The lowest BCUT2D eigenvalue weighted by atomic mass is 9.92. The summed E-state index contributed by atoms with van der Waals surface area (Å²) in [6.45, 7) is 9.38. The predicted octanol–water partition coefficient (Wildman–Crippen LogP) is 11.8. The van der Waals surface area contributed by atoms with Gasteiger partial charge in [0.1, 0.15) is 12.4 Å². The van der Waals surface area contributed by atoms with E-state index in [1.165, 1.54) is 166 Å². The van der Waals surface area contributed by atoms with Crippen molar-refractivity contribution >= 4 is 0 Å². The van der Waals surface area contributed by atoms with Crippen molar-refractivity contribution in [1.82, 2.24) is 4.98 Å². The highest BCUT2D eigenvalue weighted by Crippen LogP contribution is 2.27. The number of H-pyrrole nitrogens is 1. The molecule has 0 amide bonds. The second-order valence-electron chi connectivity index (χ2n) is 11.9. The number of nitrogens with zero attached hydrogens (tertiary/aromatic N) is 1. The summed E-state index contributed by atoms with van der Waals surface area (Å²) in [6, 6.07) is 0.622. The number of hydrogen-bond donors (Lipinski definition) is 1. The lowest BCUT2D eigenvalue weighted by molar-refractivity contribution is -0.727. The first-order valence-electron chi connectivity index (χ1n) is 16.8. The third-order valence-corrected chi connectivity index (χ3v) is 8.39. The van der Waals surface area contributed by atoms with Crippen LogP contribution in [0.2, 0.25) is 0 Å². The predicted molar refractivity (Wildman–Crippen MR) is 161 cm³/mol. The van der Waals surface area contributed by atoms with Crippen molar-refractivity contribution in [3.8, 4) is 0 Å². The number of imidazole rings is 1. The van der Waals surface area contributed by atoms with E-state index in [4.69, 9.17) is 0 Å². The molecule has 2 heteroatoms. The van der Waals surface area contributed by atoms with Gasteiger partial charge in [-0.05, 0) is 32.6 Å². The fourth-order valence-electron chi connectivity index (χ4n) is 5.90. The number of nitrogens with one attached hydrogen (secondary N) is 1. The zero-order valence-electron chi connectivity index (χ0n) is 25.4. The average molecular weight is 504 g/mol. The van der Waals surface area contributed by atoms with Gasteiger partial charge in [0.2, 0.25) is 0 Å². The topological polar surface area (TPSA) is 19.7 Å². The summed E-state index contributed by atoms with van der Waals surface area (Å²) in [7, 11) is 0. The summed E-state index contributed by atoms with van der Waals surface area (Å²) in [4.78, 5) is 3.71. The van der Waals surface area contributed by atoms with Gasteiger partial charge in [0, 0.05) is 0 Å². The first kappa shape index (κ1) is 33.2. The van der Waals surface area contributed by atoms with Crippen molar-refractivity contribution < 1.29 is 4.57 Å². The third kappa shape index (κ3) is 16.9. The maximum Gasteiger partial charge on any atom is 0.257 e. The Labute approximate surface area is 227 Å². The summed E-state index contributed by atoms with van der Waals surface area (Å²) in [5, 5.41) is 0. The van der Waals surface area contributed by atoms with Gasteiger partial charge in [-0.1, -0.05) is 156 Å². The molecule has 2 unspecified atom stereocenters. The molecule has 0 aliphatic heterocycles. The van der Waals surface area contributed by atoms with Gasteiger partial charge < -0.3 is 0 Å². The molecule has 0 saturated carbocycles. The zero-order chi connectivity index (χ0) is 26.1. The van der Waals surface area contributed by atoms with Crippen LogP contribution in [0.3, 0.4) is 0 Å². The van der Waals surface area contributed by atoms with Crippen molar-refractivity contribution in [2.45, 2.75) is 200 Å². The second-order valence-corrected chi connectivity index (χ2v) is 11.9. The Balaban J connectivity index is 2.44. The summed E-state index contributed by atoms with van der Waals surface area (Å²) < 4.78 is 2.61. The molecule has 0 aliphatic carbocycles. The van der Waals surface area contributed by atoms with Crippen LogP contribution in [-0.2, 0) is 0 Å². The molecule has 1 rings (SSSR count). The molecule has 1 heterocycles. The van der Waals surface area contributed by atoms with E-state index in [9.17, 15) is 0 Å². The average Bonchev–Trinajstić information content (AvgIpc) is 3.38. The van der Waals surface area contributed by atoms with Gasteiger partial charge in [-0.15, -0.1) is 0 Å². The smallest absolute Gasteiger partial charge is 0.247 e. The van der Waals surface area contributed by atoms with Crippen molar-refractivity contribution in [2.24, 2.45) is 0 Å². The Bertz CT molecular complexity index is 563. The SMILES string of the molecule is CCCCCCCCCCCCCC(CCCCCCCCC)c1[nH]cc[n+]1C(C)CCCCCC. The Morgan fingerprint density at radius 3 is 1.33 bits per heavy atom. The Hall–Kier alpha value is -0.790. The van der Waals surface area contributed by atoms with E-state index in [0.717, 1.165) is 0 Å². The lowest BCUT2D eigenvalue weighted by Crippen LogP contribution is -2.41. The van der Waals surface area contributed by atoms with Crippen LogP contribution in [0.15, 0.2) is 12.4 Å². The van der Waals surface area contributed by atoms with Crippen LogP contribution in [0, 0.1) is 0 Å². The van der Waals surface area contributed by atoms with Crippen LogP contribution >= 0.6 is 0 Å². The van der Waals surface area contributed by atoms with Crippen LogP contribution in [0.5, 0.6) is 0 Å². The first-order valence-corrected chi connectivity index (χ1v) is 16.8. The molecule has 2 nitrogen and oxygen atoms in total. The number of hydrogen-bond acceptors (Lipinski definition) is 0. The van der Waals surface area contributed by atoms with Crippen LogP contribution in [-0.4, -0.2) is 4.98 Å². The Morgan fingerprint density at radius 1 is 0.528 bits per heavy atom. The molecule has 212 valence electrons. The molecule has 1 aromatic heterocycles. The van der Waals surface area contributed by atoms with Crippen molar-refractivity contribution in [1.29, 1.82) is 0 Å². The highest BCUT2D eigenvalue weighted by molar-refractivity contribution is 4.90. The van der Waals surface area contributed by atoms with E-state index in [0.29, 0.717) is 12.0 Å². The second kappa shape index (κ2) is 24.5. The van der Waals surface area contributed by atoms with Crippen molar-refractivity contribution in [3.63, 3.8) is 0 Å². The first-order chi connectivity index (χ1) is 17.7. The standard InChI is InChI=1S/C34H66N2/c1-5-8-11-14-16-17-18-19-21-23-26-29-33(28-25-22-20-15-12-9-6-2)34-35-30-31-36(34)32(4)27-24-13-10-7-3/h30-33H,5-29H2,1-4H3/p+1. The van der Waals surface area contributed by atoms with E-state index in [1.54, 1.807) is 0 Å². The molecule has 1 aromatic rings. The minimum Gasteiger partial charge on any atom is -0.247 e. The van der Waals surface area contributed by atoms with Crippen LogP contribution in [0.4, 0.5) is 0 Å². The van der Waals surface area contributed by atoms with E-state index >= 15 is 0 Å². The van der Waals surface area contributed by atoms with Gasteiger partial charge in [-0.25, -0.2) is 9.55 Å².